The van der Waals surface area contributed by atoms with Crippen LogP contribution >= 0.6 is 0 Å². The Morgan fingerprint density at radius 2 is 1.58 bits per heavy atom. The summed E-state index contributed by atoms with van der Waals surface area (Å²) in [6.07, 6.45) is 7.05. The average Bonchev–Trinajstić information content (AvgIpc) is 3.67. The van der Waals surface area contributed by atoms with E-state index in [1.807, 2.05) is 12.1 Å². The number of carboxylic acids is 1. The van der Waals surface area contributed by atoms with E-state index in [2.05, 4.69) is 52.8 Å². The van der Waals surface area contributed by atoms with E-state index < -0.39 is 11.9 Å². The van der Waals surface area contributed by atoms with Gasteiger partial charge in [0.15, 0.2) is 0 Å². The molecule has 2 unspecified atom stereocenters. The largest absolute Gasteiger partial charge is 0.507 e. The third-order valence-corrected chi connectivity index (χ3v) is 7.87. The van der Waals surface area contributed by atoms with Gasteiger partial charge in [-0.2, -0.15) is 0 Å². The molecule has 2 fully saturated rings. The van der Waals surface area contributed by atoms with Crippen LogP contribution in [0.5, 0.6) is 5.75 Å². The van der Waals surface area contributed by atoms with Crippen molar-refractivity contribution >= 4 is 5.97 Å². The van der Waals surface area contributed by atoms with Gasteiger partial charge in [-0.15, -0.1) is 0 Å². The van der Waals surface area contributed by atoms with Crippen molar-refractivity contribution in [2.75, 3.05) is 0 Å². The van der Waals surface area contributed by atoms with Gasteiger partial charge in [-0.3, -0.25) is 4.79 Å². The van der Waals surface area contributed by atoms with Gasteiger partial charge < -0.3 is 10.2 Å². The summed E-state index contributed by atoms with van der Waals surface area (Å²) >= 11 is 0. The molecule has 2 saturated carbocycles. The van der Waals surface area contributed by atoms with Crippen LogP contribution < -0.4 is 0 Å². The fourth-order valence-electron chi connectivity index (χ4n) is 5.41. The van der Waals surface area contributed by atoms with E-state index in [0.717, 1.165) is 46.6 Å². The van der Waals surface area contributed by atoms with E-state index in [0.29, 0.717) is 11.7 Å². The summed E-state index contributed by atoms with van der Waals surface area (Å²) in [5.41, 5.74) is 5.88. The molecule has 0 spiro atoms. The maximum atomic E-state index is 12.9. The maximum Gasteiger partial charge on any atom is 0.315 e. The van der Waals surface area contributed by atoms with Crippen molar-refractivity contribution < 1.29 is 15.0 Å². The first-order valence-electron chi connectivity index (χ1n) is 12.9. The normalized spacial score (nSPS) is 18.0. The number of phenols is 1. The molecule has 2 aliphatic carbocycles. The molecule has 0 bridgehead atoms. The quantitative estimate of drug-likeness (QED) is 0.391. The van der Waals surface area contributed by atoms with Crippen molar-refractivity contribution in [3.8, 4) is 5.75 Å². The first-order chi connectivity index (χ1) is 15.7. The van der Waals surface area contributed by atoms with Crippen LogP contribution in [0.15, 0.2) is 30.3 Å². The Kier molecular flexibility index (Phi) is 6.88. The van der Waals surface area contributed by atoms with Crippen LogP contribution in [0, 0.1) is 11.8 Å². The zero-order valence-electron chi connectivity index (χ0n) is 20.9. The van der Waals surface area contributed by atoms with Gasteiger partial charge in [0.05, 0.1) is 0 Å². The molecule has 4 rings (SSSR count). The van der Waals surface area contributed by atoms with Gasteiger partial charge in [0.25, 0.3) is 0 Å². The molecule has 0 heterocycles. The van der Waals surface area contributed by atoms with Gasteiger partial charge in [0.2, 0.25) is 0 Å². The number of carbonyl (C=O) groups is 1. The van der Waals surface area contributed by atoms with Crippen LogP contribution in [0.1, 0.15) is 124 Å². The zero-order chi connectivity index (χ0) is 23.9. The minimum absolute atomic E-state index is 0.124. The summed E-state index contributed by atoms with van der Waals surface area (Å²) < 4.78 is 0. The SMILES string of the molecule is CC(C)c1cc(C(C(=O)O)c2c(CCC3CC3)cccc2C(C)C)cc(C(C)C2CC2)c1O. The summed E-state index contributed by atoms with van der Waals surface area (Å²) in [6, 6.07) is 10.3. The third-order valence-electron chi connectivity index (χ3n) is 7.87. The van der Waals surface area contributed by atoms with Crippen molar-refractivity contribution in [3.05, 3.63) is 63.7 Å². The Balaban J connectivity index is 1.88. The molecular weight excluding hydrogens is 408 g/mol. The summed E-state index contributed by atoms with van der Waals surface area (Å²) in [5.74, 6) is 0.841. The molecule has 0 amide bonds. The van der Waals surface area contributed by atoms with Gasteiger partial charge in [0, 0.05) is 0 Å². The second-order valence-electron chi connectivity index (χ2n) is 11.2. The molecule has 0 aromatic heterocycles. The van der Waals surface area contributed by atoms with Crippen molar-refractivity contribution in [2.45, 2.75) is 96.8 Å². The van der Waals surface area contributed by atoms with E-state index >= 15 is 0 Å². The standard InChI is InChI=1S/C30H40O3/c1-17(2)24-8-6-7-22(12-11-20-9-10-20)27(24)28(30(32)33)23-15-25(18(3)4)29(31)26(16-23)19(5)21-13-14-21/h6-8,15-21,28,31H,9-14H2,1-5H3,(H,32,33). The molecule has 3 nitrogen and oxygen atoms in total. The second kappa shape index (κ2) is 9.52. The van der Waals surface area contributed by atoms with E-state index in [9.17, 15) is 15.0 Å². The topological polar surface area (TPSA) is 57.5 Å². The number of aromatic hydroxyl groups is 1. The highest BCUT2D eigenvalue weighted by atomic mass is 16.4. The molecule has 2 N–H and O–H groups in total. The van der Waals surface area contributed by atoms with Crippen molar-refractivity contribution in [2.24, 2.45) is 11.8 Å². The molecular formula is C30H40O3. The van der Waals surface area contributed by atoms with E-state index in [4.69, 9.17) is 0 Å². The van der Waals surface area contributed by atoms with E-state index in [-0.39, 0.29) is 17.8 Å². The smallest absolute Gasteiger partial charge is 0.315 e. The van der Waals surface area contributed by atoms with E-state index in [1.54, 1.807) is 0 Å². The van der Waals surface area contributed by atoms with Crippen LogP contribution in [-0.2, 0) is 11.2 Å². The predicted molar refractivity (Wildman–Crippen MR) is 134 cm³/mol. The number of rotatable bonds is 10. The lowest BCUT2D eigenvalue weighted by molar-refractivity contribution is -0.137. The average molecular weight is 449 g/mol. The molecule has 2 atom stereocenters. The lowest BCUT2D eigenvalue weighted by atomic mass is 9.78. The van der Waals surface area contributed by atoms with E-state index in [1.165, 1.54) is 31.2 Å². The molecule has 2 aromatic rings. The fraction of sp³-hybridized carbons (Fsp3) is 0.567. The molecule has 2 aliphatic rings. The maximum absolute atomic E-state index is 12.9. The van der Waals surface area contributed by atoms with Crippen molar-refractivity contribution in [1.29, 1.82) is 0 Å². The number of aliphatic carboxylic acids is 1. The second-order valence-corrected chi connectivity index (χ2v) is 11.2. The number of phenolic OH excluding ortho intramolecular Hbond substituents is 1. The minimum Gasteiger partial charge on any atom is -0.507 e. The monoisotopic (exact) mass is 448 g/mol. The Hall–Kier alpha value is -2.29. The number of carboxylic acid groups (broad SMARTS) is 1. The molecule has 0 radical (unpaired) electrons. The highest BCUT2D eigenvalue weighted by Crippen LogP contribution is 2.48. The zero-order valence-corrected chi connectivity index (χ0v) is 20.9. The number of hydrogen-bond donors (Lipinski definition) is 2. The lowest BCUT2D eigenvalue weighted by Gasteiger charge is -2.26. The van der Waals surface area contributed by atoms with Crippen molar-refractivity contribution in [3.63, 3.8) is 0 Å². The van der Waals surface area contributed by atoms with Crippen LogP contribution in [-0.4, -0.2) is 16.2 Å². The van der Waals surface area contributed by atoms with Crippen LogP contribution in [0.25, 0.3) is 0 Å². The Morgan fingerprint density at radius 1 is 0.939 bits per heavy atom. The molecule has 3 heteroatoms. The highest BCUT2D eigenvalue weighted by molar-refractivity contribution is 5.82. The Morgan fingerprint density at radius 3 is 2.12 bits per heavy atom. The summed E-state index contributed by atoms with van der Waals surface area (Å²) in [7, 11) is 0. The molecule has 2 aromatic carbocycles. The first-order valence-corrected chi connectivity index (χ1v) is 12.9. The minimum atomic E-state index is -0.804. The number of benzene rings is 2. The number of hydrogen-bond acceptors (Lipinski definition) is 2. The molecule has 178 valence electrons. The lowest BCUT2D eigenvalue weighted by Crippen LogP contribution is -2.19. The summed E-state index contributed by atoms with van der Waals surface area (Å²) in [5, 5.41) is 21.7. The molecule has 0 aliphatic heterocycles. The summed E-state index contributed by atoms with van der Waals surface area (Å²) in [4.78, 5) is 12.9. The first kappa shape index (κ1) is 23.9. The van der Waals surface area contributed by atoms with Crippen LogP contribution in [0.2, 0.25) is 0 Å². The Labute approximate surface area is 199 Å². The van der Waals surface area contributed by atoms with Gasteiger partial charge in [-0.1, -0.05) is 77.8 Å². The fourth-order valence-corrected chi connectivity index (χ4v) is 5.41. The predicted octanol–water partition coefficient (Wildman–Crippen LogP) is 7.71. The van der Waals surface area contributed by atoms with Gasteiger partial charge in [-0.05, 0) is 88.7 Å². The van der Waals surface area contributed by atoms with Gasteiger partial charge >= 0.3 is 5.97 Å². The van der Waals surface area contributed by atoms with Crippen LogP contribution in [0.4, 0.5) is 0 Å². The van der Waals surface area contributed by atoms with Gasteiger partial charge in [0.1, 0.15) is 11.7 Å². The number of aryl methyl sites for hydroxylation is 1. The highest BCUT2D eigenvalue weighted by Gasteiger charge is 2.34. The van der Waals surface area contributed by atoms with Crippen molar-refractivity contribution in [1.82, 2.24) is 0 Å². The van der Waals surface area contributed by atoms with Gasteiger partial charge in [-0.25, -0.2) is 0 Å². The van der Waals surface area contributed by atoms with Crippen LogP contribution in [0.3, 0.4) is 0 Å². The Bertz CT molecular complexity index is 1010. The third kappa shape index (κ3) is 5.13. The molecule has 0 saturated heterocycles. The summed E-state index contributed by atoms with van der Waals surface area (Å²) in [6.45, 7) is 10.6. The molecule has 33 heavy (non-hydrogen) atoms.